The van der Waals surface area contributed by atoms with E-state index >= 15 is 0 Å². The van der Waals surface area contributed by atoms with Gasteiger partial charge in [0.15, 0.2) is 0 Å². The van der Waals surface area contributed by atoms with Crippen molar-refractivity contribution in [1.29, 1.82) is 0 Å². The lowest BCUT2D eigenvalue weighted by Gasteiger charge is -2.34. The van der Waals surface area contributed by atoms with Crippen molar-refractivity contribution in [2.75, 3.05) is 13.1 Å². The number of aromatic amines is 1. The first kappa shape index (κ1) is 13.7. The van der Waals surface area contributed by atoms with Crippen molar-refractivity contribution in [1.82, 2.24) is 25.5 Å². The molecule has 0 spiro atoms. The van der Waals surface area contributed by atoms with E-state index in [4.69, 9.17) is 0 Å². The fourth-order valence-corrected chi connectivity index (χ4v) is 2.58. The summed E-state index contributed by atoms with van der Waals surface area (Å²) in [6.07, 6.45) is 0.303. The molecule has 2 heterocycles. The van der Waals surface area contributed by atoms with Crippen LogP contribution in [0.15, 0.2) is 24.3 Å². The first-order valence-electron chi connectivity index (χ1n) is 6.96. The van der Waals surface area contributed by atoms with Crippen LogP contribution in [0.2, 0.25) is 0 Å². The van der Waals surface area contributed by atoms with Gasteiger partial charge < -0.3 is 10.0 Å². The van der Waals surface area contributed by atoms with Gasteiger partial charge in [-0.3, -0.25) is 4.79 Å². The minimum atomic E-state index is -0.320. The number of hydrogen-bond donors (Lipinski definition) is 2. The molecule has 21 heavy (non-hydrogen) atoms. The summed E-state index contributed by atoms with van der Waals surface area (Å²) in [6, 6.07) is 7.19. The number of carbonyl (C=O) groups excluding carboxylic acids is 1. The van der Waals surface area contributed by atoms with E-state index in [1.165, 1.54) is 0 Å². The first-order valence-corrected chi connectivity index (χ1v) is 6.96. The van der Waals surface area contributed by atoms with E-state index in [2.05, 4.69) is 20.6 Å². The van der Waals surface area contributed by atoms with Gasteiger partial charge >= 0.3 is 0 Å². The van der Waals surface area contributed by atoms with Crippen molar-refractivity contribution in [3.63, 3.8) is 0 Å². The number of tetrazole rings is 1. The van der Waals surface area contributed by atoms with Gasteiger partial charge in [-0.2, -0.15) is 5.21 Å². The molecule has 0 saturated carbocycles. The lowest BCUT2D eigenvalue weighted by molar-refractivity contribution is 0.0297. The third-order valence-electron chi connectivity index (χ3n) is 3.86. The number of amides is 1. The average Bonchev–Trinajstić information content (AvgIpc) is 3.04. The monoisotopic (exact) mass is 287 g/mol. The maximum absolute atomic E-state index is 12.6. The number of piperidine rings is 1. The van der Waals surface area contributed by atoms with Gasteiger partial charge in [-0.15, -0.1) is 10.2 Å². The molecule has 1 aliphatic heterocycles. The van der Waals surface area contributed by atoms with Crippen LogP contribution in [0.3, 0.4) is 0 Å². The molecule has 1 aromatic carbocycles. The van der Waals surface area contributed by atoms with Crippen molar-refractivity contribution in [3.8, 4) is 11.4 Å². The zero-order valence-corrected chi connectivity index (χ0v) is 11.7. The minimum absolute atomic E-state index is 0.0286. The zero-order valence-electron chi connectivity index (χ0n) is 11.7. The number of H-pyrrole nitrogens is 1. The predicted octanol–water partition coefficient (Wildman–Crippen LogP) is 0.710. The molecule has 0 bridgehead atoms. The molecule has 2 N–H and O–H groups in total. The highest BCUT2D eigenvalue weighted by molar-refractivity contribution is 5.95. The van der Waals surface area contributed by atoms with Crippen LogP contribution in [0.5, 0.6) is 0 Å². The van der Waals surface area contributed by atoms with E-state index in [9.17, 15) is 9.90 Å². The highest BCUT2D eigenvalue weighted by atomic mass is 16.3. The summed E-state index contributed by atoms with van der Waals surface area (Å²) in [7, 11) is 0. The number of aliphatic hydroxyl groups is 1. The van der Waals surface area contributed by atoms with Gasteiger partial charge in [0.2, 0.25) is 5.82 Å². The van der Waals surface area contributed by atoms with Crippen LogP contribution in [-0.2, 0) is 0 Å². The highest BCUT2D eigenvalue weighted by Crippen LogP contribution is 2.21. The van der Waals surface area contributed by atoms with Crippen LogP contribution < -0.4 is 0 Å². The van der Waals surface area contributed by atoms with Gasteiger partial charge in [-0.1, -0.05) is 19.1 Å². The molecule has 7 heteroatoms. The number of carbonyl (C=O) groups is 1. The number of aromatic nitrogens is 4. The van der Waals surface area contributed by atoms with Crippen molar-refractivity contribution < 1.29 is 9.90 Å². The molecule has 0 aliphatic carbocycles. The van der Waals surface area contributed by atoms with Crippen LogP contribution in [0.4, 0.5) is 0 Å². The molecule has 1 aromatic heterocycles. The van der Waals surface area contributed by atoms with Gasteiger partial charge in [-0.05, 0) is 29.7 Å². The number of hydrogen-bond acceptors (Lipinski definition) is 5. The number of likely N-dealkylation sites (tertiary alicyclic amines) is 1. The maximum Gasteiger partial charge on any atom is 0.253 e. The standard InChI is InChI=1S/C14H17N5O2/c1-9-8-19(6-5-12(9)20)14(21)11-4-2-3-10(7-11)13-15-17-18-16-13/h2-4,7,9,12,20H,5-6,8H2,1H3,(H,15,16,17,18). The molecule has 2 aromatic rings. The smallest absolute Gasteiger partial charge is 0.253 e. The summed E-state index contributed by atoms with van der Waals surface area (Å²) in [5.41, 5.74) is 1.35. The Morgan fingerprint density at radius 2 is 2.33 bits per heavy atom. The predicted molar refractivity (Wildman–Crippen MR) is 75.3 cm³/mol. The Balaban J connectivity index is 1.80. The second-order valence-electron chi connectivity index (χ2n) is 5.40. The number of nitrogens with one attached hydrogen (secondary N) is 1. The molecule has 0 radical (unpaired) electrons. The quantitative estimate of drug-likeness (QED) is 0.848. The Labute approximate surface area is 122 Å². The van der Waals surface area contributed by atoms with Crippen molar-refractivity contribution >= 4 is 5.91 Å². The summed E-state index contributed by atoms with van der Waals surface area (Å²) in [4.78, 5) is 14.3. The van der Waals surface area contributed by atoms with Crippen LogP contribution in [0, 0.1) is 5.92 Å². The summed E-state index contributed by atoms with van der Waals surface area (Å²) in [5, 5.41) is 23.5. The Morgan fingerprint density at radius 3 is 3.05 bits per heavy atom. The lowest BCUT2D eigenvalue weighted by Crippen LogP contribution is -2.44. The molecule has 2 atom stereocenters. The summed E-state index contributed by atoms with van der Waals surface area (Å²) < 4.78 is 0. The summed E-state index contributed by atoms with van der Waals surface area (Å²) in [6.45, 7) is 3.11. The van der Waals surface area contributed by atoms with Crippen LogP contribution in [0.25, 0.3) is 11.4 Å². The molecule has 1 amide bonds. The minimum Gasteiger partial charge on any atom is -0.393 e. The number of benzene rings is 1. The fraction of sp³-hybridized carbons (Fsp3) is 0.429. The maximum atomic E-state index is 12.6. The van der Waals surface area contributed by atoms with E-state index in [1.54, 1.807) is 23.1 Å². The molecule has 7 nitrogen and oxygen atoms in total. The molecular formula is C14H17N5O2. The molecule has 1 saturated heterocycles. The fourth-order valence-electron chi connectivity index (χ4n) is 2.58. The van der Waals surface area contributed by atoms with Crippen molar-refractivity contribution in [2.45, 2.75) is 19.4 Å². The van der Waals surface area contributed by atoms with Gasteiger partial charge in [0.1, 0.15) is 0 Å². The van der Waals surface area contributed by atoms with Gasteiger partial charge in [0, 0.05) is 24.2 Å². The van der Waals surface area contributed by atoms with Crippen molar-refractivity contribution in [2.24, 2.45) is 5.92 Å². The Kier molecular flexibility index (Phi) is 3.66. The third kappa shape index (κ3) is 2.78. The molecule has 1 fully saturated rings. The average molecular weight is 287 g/mol. The molecule has 1 aliphatic rings. The number of rotatable bonds is 2. The number of nitrogens with zero attached hydrogens (tertiary/aromatic N) is 4. The number of aliphatic hydroxyl groups excluding tert-OH is 1. The largest absolute Gasteiger partial charge is 0.393 e. The van der Waals surface area contributed by atoms with E-state index in [1.807, 2.05) is 13.0 Å². The first-order chi connectivity index (χ1) is 10.1. The molecule has 3 rings (SSSR count). The lowest BCUT2D eigenvalue weighted by atomic mass is 9.96. The highest BCUT2D eigenvalue weighted by Gasteiger charge is 2.27. The second kappa shape index (κ2) is 5.61. The molecular weight excluding hydrogens is 270 g/mol. The van der Waals surface area contributed by atoms with Crippen LogP contribution >= 0.6 is 0 Å². The Hall–Kier alpha value is -2.28. The second-order valence-corrected chi connectivity index (χ2v) is 5.40. The van der Waals surface area contributed by atoms with Gasteiger partial charge in [0.05, 0.1) is 6.10 Å². The Bertz CT molecular complexity index is 628. The Morgan fingerprint density at radius 1 is 1.48 bits per heavy atom. The van der Waals surface area contributed by atoms with Crippen LogP contribution in [0.1, 0.15) is 23.7 Å². The van der Waals surface area contributed by atoms with Crippen LogP contribution in [-0.4, -0.2) is 55.7 Å². The third-order valence-corrected chi connectivity index (χ3v) is 3.86. The van der Waals surface area contributed by atoms with Gasteiger partial charge in [-0.25, -0.2) is 0 Å². The van der Waals surface area contributed by atoms with Gasteiger partial charge in [0.25, 0.3) is 5.91 Å². The zero-order chi connectivity index (χ0) is 14.8. The molecule has 110 valence electrons. The van der Waals surface area contributed by atoms with E-state index in [-0.39, 0.29) is 17.9 Å². The normalized spacial score (nSPS) is 22.3. The van der Waals surface area contributed by atoms with Crippen molar-refractivity contribution in [3.05, 3.63) is 29.8 Å². The molecule has 2 unspecified atom stereocenters. The topological polar surface area (TPSA) is 95.0 Å². The summed E-state index contributed by atoms with van der Waals surface area (Å²) in [5.74, 6) is 0.536. The van der Waals surface area contributed by atoms with E-state index in [0.29, 0.717) is 30.9 Å². The van der Waals surface area contributed by atoms with E-state index < -0.39 is 0 Å². The SMILES string of the molecule is CC1CN(C(=O)c2cccc(-c3nn[nH]n3)c2)CCC1O. The summed E-state index contributed by atoms with van der Waals surface area (Å²) >= 11 is 0. The van der Waals surface area contributed by atoms with E-state index in [0.717, 1.165) is 5.56 Å².